The summed E-state index contributed by atoms with van der Waals surface area (Å²) in [5.41, 5.74) is 0. The average Bonchev–Trinajstić information content (AvgIpc) is 1.91. The Morgan fingerprint density at radius 3 is 2.33 bits per heavy atom. The van der Waals surface area contributed by atoms with E-state index in [4.69, 9.17) is 0 Å². The molecular formula is C7H9BrN+. The average molecular weight is 187 g/mol. The van der Waals surface area contributed by atoms with Crippen molar-refractivity contribution in [2.75, 3.05) is 5.33 Å². The summed E-state index contributed by atoms with van der Waals surface area (Å²) in [7, 11) is 0. The van der Waals surface area contributed by atoms with Gasteiger partial charge in [0.05, 0.1) is 5.33 Å². The van der Waals surface area contributed by atoms with E-state index in [2.05, 4.69) is 32.9 Å². The Kier molecular flexibility index (Phi) is 2.71. The van der Waals surface area contributed by atoms with Gasteiger partial charge in [0.25, 0.3) is 0 Å². The van der Waals surface area contributed by atoms with E-state index in [9.17, 15) is 0 Å². The smallest absolute Gasteiger partial charge is 0.168 e. The van der Waals surface area contributed by atoms with Crippen LogP contribution in [0, 0.1) is 0 Å². The number of hydrogen-bond donors (Lipinski definition) is 0. The predicted molar refractivity (Wildman–Crippen MR) is 40.4 cm³/mol. The van der Waals surface area contributed by atoms with Crippen molar-refractivity contribution in [2.24, 2.45) is 0 Å². The number of nitrogens with zero attached hydrogens (tertiary/aromatic N) is 1. The molecule has 0 saturated heterocycles. The van der Waals surface area contributed by atoms with Crippen LogP contribution >= 0.6 is 15.9 Å². The normalized spacial score (nSPS) is 9.44. The molecule has 0 bridgehead atoms. The number of aromatic nitrogens is 1. The summed E-state index contributed by atoms with van der Waals surface area (Å²) in [4.78, 5) is 0. The standard InChI is InChI=1S/C7H9BrN/c8-4-7-9-5-2-1-3-6-9/h1-3,5-6H,4,7H2/q+1. The van der Waals surface area contributed by atoms with Gasteiger partial charge in [-0.05, 0) is 0 Å². The van der Waals surface area contributed by atoms with Gasteiger partial charge in [0.1, 0.15) is 0 Å². The molecule has 48 valence electrons. The van der Waals surface area contributed by atoms with Gasteiger partial charge < -0.3 is 0 Å². The maximum atomic E-state index is 3.37. The fourth-order valence-electron chi connectivity index (χ4n) is 0.681. The van der Waals surface area contributed by atoms with Gasteiger partial charge in [-0.3, -0.25) is 0 Å². The van der Waals surface area contributed by atoms with Gasteiger partial charge >= 0.3 is 0 Å². The van der Waals surface area contributed by atoms with Crippen LogP contribution < -0.4 is 4.57 Å². The van der Waals surface area contributed by atoms with E-state index in [0.29, 0.717) is 0 Å². The highest BCUT2D eigenvalue weighted by atomic mass is 79.9. The summed E-state index contributed by atoms with van der Waals surface area (Å²) in [6.07, 6.45) is 4.11. The molecule has 0 amide bonds. The molecular weight excluding hydrogens is 178 g/mol. The summed E-state index contributed by atoms with van der Waals surface area (Å²) >= 11 is 3.37. The van der Waals surface area contributed by atoms with Crippen LogP contribution in [0.3, 0.4) is 0 Å². The maximum Gasteiger partial charge on any atom is 0.168 e. The van der Waals surface area contributed by atoms with E-state index < -0.39 is 0 Å². The van der Waals surface area contributed by atoms with Crippen LogP contribution in [0.25, 0.3) is 0 Å². The van der Waals surface area contributed by atoms with Crippen LogP contribution in [0.1, 0.15) is 0 Å². The van der Waals surface area contributed by atoms with Crippen molar-refractivity contribution in [1.29, 1.82) is 0 Å². The van der Waals surface area contributed by atoms with Crippen LogP contribution in [0.5, 0.6) is 0 Å². The monoisotopic (exact) mass is 186 g/mol. The van der Waals surface area contributed by atoms with Gasteiger partial charge in [-0.2, -0.15) is 0 Å². The van der Waals surface area contributed by atoms with Gasteiger partial charge in [-0.25, -0.2) is 4.57 Å². The Morgan fingerprint density at radius 1 is 1.11 bits per heavy atom. The predicted octanol–water partition coefficient (Wildman–Crippen LogP) is 1.37. The molecule has 1 heterocycles. The zero-order chi connectivity index (χ0) is 6.53. The summed E-state index contributed by atoms with van der Waals surface area (Å²) in [6, 6.07) is 6.08. The van der Waals surface area contributed by atoms with Gasteiger partial charge in [0.15, 0.2) is 18.9 Å². The topological polar surface area (TPSA) is 3.88 Å². The zero-order valence-electron chi connectivity index (χ0n) is 5.13. The third-order valence-corrected chi connectivity index (χ3v) is 1.47. The van der Waals surface area contributed by atoms with Crippen LogP contribution in [0.4, 0.5) is 0 Å². The second kappa shape index (κ2) is 3.62. The fourth-order valence-corrected chi connectivity index (χ4v) is 1.09. The molecule has 0 atom stereocenters. The minimum Gasteiger partial charge on any atom is -0.204 e. The first-order chi connectivity index (χ1) is 4.43. The second-order valence-corrected chi connectivity index (χ2v) is 2.60. The van der Waals surface area contributed by atoms with E-state index in [1.165, 1.54) is 0 Å². The number of hydrogen-bond acceptors (Lipinski definition) is 0. The Balaban J connectivity index is 2.61. The van der Waals surface area contributed by atoms with Gasteiger partial charge in [0, 0.05) is 12.1 Å². The lowest BCUT2D eigenvalue weighted by molar-refractivity contribution is -0.692. The number of pyridine rings is 1. The molecule has 0 radical (unpaired) electrons. The molecule has 0 fully saturated rings. The zero-order valence-corrected chi connectivity index (χ0v) is 6.71. The molecule has 0 unspecified atom stereocenters. The molecule has 0 aliphatic carbocycles. The number of aryl methyl sites for hydroxylation is 1. The van der Waals surface area contributed by atoms with Gasteiger partial charge in [-0.15, -0.1) is 0 Å². The summed E-state index contributed by atoms with van der Waals surface area (Å²) in [5, 5.41) is 1.02. The van der Waals surface area contributed by atoms with E-state index in [0.717, 1.165) is 11.9 Å². The molecule has 0 aliphatic heterocycles. The molecule has 2 heteroatoms. The van der Waals surface area contributed by atoms with Gasteiger partial charge in [-0.1, -0.05) is 22.0 Å². The second-order valence-electron chi connectivity index (χ2n) is 1.80. The van der Waals surface area contributed by atoms with Crippen molar-refractivity contribution in [3.63, 3.8) is 0 Å². The summed E-state index contributed by atoms with van der Waals surface area (Å²) in [5.74, 6) is 0. The molecule has 0 aliphatic rings. The van der Waals surface area contributed by atoms with Crippen LogP contribution in [0.2, 0.25) is 0 Å². The van der Waals surface area contributed by atoms with E-state index in [-0.39, 0.29) is 0 Å². The molecule has 9 heavy (non-hydrogen) atoms. The molecule has 0 saturated carbocycles. The highest BCUT2D eigenvalue weighted by Crippen LogP contribution is 1.80. The number of halogens is 1. The Hall–Kier alpha value is -0.370. The van der Waals surface area contributed by atoms with Crippen LogP contribution in [-0.4, -0.2) is 5.33 Å². The number of alkyl halides is 1. The molecule has 1 aromatic rings. The Labute approximate surface area is 63.5 Å². The first kappa shape index (κ1) is 6.75. The quantitative estimate of drug-likeness (QED) is 0.486. The lowest BCUT2D eigenvalue weighted by atomic mass is 10.5. The maximum absolute atomic E-state index is 3.37. The minimum absolute atomic E-state index is 1.02. The SMILES string of the molecule is BrCC[n+]1ccccc1. The van der Waals surface area contributed by atoms with Crippen molar-refractivity contribution in [3.05, 3.63) is 30.6 Å². The third-order valence-electron chi connectivity index (χ3n) is 1.12. The molecule has 0 aromatic carbocycles. The molecule has 1 nitrogen and oxygen atoms in total. The lowest BCUT2D eigenvalue weighted by Crippen LogP contribution is -2.32. The first-order valence-corrected chi connectivity index (χ1v) is 4.05. The third kappa shape index (κ3) is 2.14. The van der Waals surface area contributed by atoms with E-state index >= 15 is 0 Å². The van der Waals surface area contributed by atoms with Crippen molar-refractivity contribution >= 4 is 15.9 Å². The highest BCUT2D eigenvalue weighted by molar-refractivity contribution is 9.09. The van der Waals surface area contributed by atoms with Crippen LogP contribution in [0.15, 0.2) is 30.6 Å². The van der Waals surface area contributed by atoms with Crippen LogP contribution in [-0.2, 0) is 6.54 Å². The lowest BCUT2D eigenvalue weighted by Gasteiger charge is -1.88. The molecule has 1 rings (SSSR count). The first-order valence-electron chi connectivity index (χ1n) is 2.93. The Morgan fingerprint density at radius 2 is 1.78 bits per heavy atom. The van der Waals surface area contributed by atoms with Crippen molar-refractivity contribution in [2.45, 2.75) is 6.54 Å². The fraction of sp³-hybridized carbons (Fsp3) is 0.286. The number of rotatable bonds is 2. The van der Waals surface area contributed by atoms with E-state index in [1.807, 2.05) is 18.2 Å². The highest BCUT2D eigenvalue weighted by Gasteiger charge is 1.91. The molecule has 0 spiro atoms. The molecule has 0 N–H and O–H groups in total. The summed E-state index contributed by atoms with van der Waals surface area (Å²) < 4.78 is 2.13. The minimum atomic E-state index is 1.02. The van der Waals surface area contributed by atoms with Crippen molar-refractivity contribution in [3.8, 4) is 0 Å². The largest absolute Gasteiger partial charge is 0.204 e. The van der Waals surface area contributed by atoms with Crippen molar-refractivity contribution in [1.82, 2.24) is 0 Å². The van der Waals surface area contributed by atoms with Gasteiger partial charge in [0.2, 0.25) is 0 Å². The molecule has 1 aromatic heterocycles. The Bertz CT molecular complexity index is 162. The van der Waals surface area contributed by atoms with E-state index in [1.54, 1.807) is 0 Å². The summed E-state index contributed by atoms with van der Waals surface area (Å²) in [6.45, 7) is 1.04. The van der Waals surface area contributed by atoms with Crippen molar-refractivity contribution < 1.29 is 4.57 Å².